The molecule has 0 aliphatic heterocycles. The molecule has 1 N–H and O–H groups in total. The zero-order chi connectivity index (χ0) is 15.7. The van der Waals surface area contributed by atoms with Crippen LogP contribution < -0.4 is 10.1 Å². The molecule has 4 heteroatoms. The molecule has 0 bridgehead atoms. The summed E-state index contributed by atoms with van der Waals surface area (Å²) in [5, 5.41) is 3.63. The predicted octanol–water partition coefficient (Wildman–Crippen LogP) is 4.18. The lowest BCUT2D eigenvalue weighted by atomic mass is 9.99. The van der Waals surface area contributed by atoms with Crippen LogP contribution >= 0.6 is 15.9 Å². The van der Waals surface area contributed by atoms with Gasteiger partial charge in [-0.1, -0.05) is 29.8 Å². The highest BCUT2D eigenvalue weighted by atomic mass is 79.9. The van der Waals surface area contributed by atoms with E-state index in [0.29, 0.717) is 6.04 Å². The van der Waals surface area contributed by atoms with E-state index in [2.05, 4.69) is 48.1 Å². The Morgan fingerprint density at radius 3 is 2.57 bits per heavy atom. The largest absolute Gasteiger partial charge is 0.497 e. The smallest absolute Gasteiger partial charge is 0.119 e. The van der Waals surface area contributed by atoms with Crippen molar-refractivity contribution in [1.29, 1.82) is 0 Å². The fraction of sp³-hybridized carbons (Fsp3) is 0.647. The summed E-state index contributed by atoms with van der Waals surface area (Å²) in [7, 11) is 1.70. The van der Waals surface area contributed by atoms with E-state index in [-0.39, 0.29) is 6.10 Å². The number of halogens is 1. The first-order valence-electron chi connectivity index (χ1n) is 7.83. The molecule has 120 valence electrons. The van der Waals surface area contributed by atoms with Gasteiger partial charge in [0.2, 0.25) is 0 Å². The maximum absolute atomic E-state index is 5.91. The highest BCUT2D eigenvalue weighted by Gasteiger charge is 2.21. The first-order valence-corrected chi connectivity index (χ1v) is 8.62. The van der Waals surface area contributed by atoms with Gasteiger partial charge in [0.05, 0.1) is 13.2 Å². The van der Waals surface area contributed by atoms with Gasteiger partial charge in [-0.25, -0.2) is 0 Å². The van der Waals surface area contributed by atoms with E-state index in [1.165, 1.54) is 5.56 Å². The van der Waals surface area contributed by atoms with Crippen LogP contribution in [-0.4, -0.2) is 32.4 Å². The molecule has 0 radical (unpaired) electrons. The van der Waals surface area contributed by atoms with E-state index in [1.54, 1.807) is 7.11 Å². The Morgan fingerprint density at radius 1 is 1.24 bits per heavy atom. The minimum Gasteiger partial charge on any atom is -0.497 e. The molecule has 0 aliphatic carbocycles. The summed E-state index contributed by atoms with van der Waals surface area (Å²) in [5.41, 5.74) is 1.25. The molecule has 0 saturated heterocycles. The summed E-state index contributed by atoms with van der Waals surface area (Å²) >= 11 is 3.64. The third kappa shape index (κ3) is 5.97. The lowest BCUT2D eigenvalue weighted by Gasteiger charge is -2.28. The van der Waals surface area contributed by atoms with Gasteiger partial charge in [-0.3, -0.25) is 0 Å². The molecule has 0 fully saturated rings. The van der Waals surface area contributed by atoms with Crippen LogP contribution in [0.2, 0.25) is 0 Å². The zero-order valence-corrected chi connectivity index (χ0v) is 15.2. The average molecular weight is 358 g/mol. The topological polar surface area (TPSA) is 30.5 Å². The van der Waals surface area contributed by atoms with Crippen molar-refractivity contribution in [2.24, 2.45) is 0 Å². The highest BCUT2D eigenvalue weighted by Crippen LogP contribution is 2.25. The second-order valence-electron chi connectivity index (χ2n) is 5.12. The molecule has 0 aromatic heterocycles. The van der Waals surface area contributed by atoms with Gasteiger partial charge in [0.15, 0.2) is 0 Å². The Morgan fingerprint density at radius 2 is 2.00 bits per heavy atom. The summed E-state index contributed by atoms with van der Waals surface area (Å²) in [6, 6.07) is 6.44. The third-order valence-electron chi connectivity index (χ3n) is 3.58. The number of nitrogens with one attached hydrogen (secondary N) is 1. The van der Waals surface area contributed by atoms with Crippen molar-refractivity contribution in [1.82, 2.24) is 5.32 Å². The Hall–Kier alpha value is -0.580. The van der Waals surface area contributed by atoms with Crippen molar-refractivity contribution in [3.63, 3.8) is 0 Å². The third-order valence-corrected chi connectivity index (χ3v) is 4.35. The van der Waals surface area contributed by atoms with Gasteiger partial charge in [0.25, 0.3) is 0 Å². The lowest BCUT2D eigenvalue weighted by molar-refractivity contribution is 0.0319. The molecule has 0 saturated carbocycles. The van der Waals surface area contributed by atoms with Gasteiger partial charge in [0, 0.05) is 17.1 Å². The summed E-state index contributed by atoms with van der Waals surface area (Å²) in [5.74, 6) is 0.895. The summed E-state index contributed by atoms with van der Waals surface area (Å²) < 4.78 is 12.4. The van der Waals surface area contributed by atoms with Crippen LogP contribution in [0.1, 0.15) is 39.2 Å². The van der Waals surface area contributed by atoms with Crippen LogP contribution in [0.25, 0.3) is 0 Å². The molecule has 1 rings (SSSR count). The fourth-order valence-electron chi connectivity index (χ4n) is 2.47. The first-order chi connectivity index (χ1) is 10.2. The highest BCUT2D eigenvalue weighted by molar-refractivity contribution is 9.10. The maximum atomic E-state index is 5.91. The van der Waals surface area contributed by atoms with Gasteiger partial charge < -0.3 is 14.8 Å². The van der Waals surface area contributed by atoms with E-state index in [0.717, 1.165) is 42.6 Å². The molecule has 3 nitrogen and oxygen atoms in total. The van der Waals surface area contributed by atoms with Gasteiger partial charge in [0.1, 0.15) is 5.75 Å². The summed E-state index contributed by atoms with van der Waals surface area (Å²) in [4.78, 5) is 0. The van der Waals surface area contributed by atoms with Crippen molar-refractivity contribution in [3.8, 4) is 5.75 Å². The molecule has 0 heterocycles. The van der Waals surface area contributed by atoms with Crippen LogP contribution in [0.15, 0.2) is 22.7 Å². The van der Waals surface area contributed by atoms with E-state index in [4.69, 9.17) is 9.47 Å². The summed E-state index contributed by atoms with van der Waals surface area (Å²) in [6.07, 6.45) is 3.30. The van der Waals surface area contributed by atoms with Gasteiger partial charge in [-0.05, 0) is 56.5 Å². The zero-order valence-electron chi connectivity index (χ0n) is 13.6. The molecule has 0 amide bonds. The van der Waals surface area contributed by atoms with E-state index in [9.17, 15) is 0 Å². The van der Waals surface area contributed by atoms with Crippen molar-refractivity contribution >= 4 is 15.9 Å². The van der Waals surface area contributed by atoms with Crippen LogP contribution in [0.3, 0.4) is 0 Å². The lowest BCUT2D eigenvalue weighted by Crippen LogP contribution is -2.43. The average Bonchev–Trinajstić information content (AvgIpc) is 2.51. The van der Waals surface area contributed by atoms with Crippen molar-refractivity contribution in [2.75, 3.05) is 20.3 Å². The Balaban J connectivity index is 2.88. The Labute approximate surface area is 137 Å². The van der Waals surface area contributed by atoms with Crippen LogP contribution in [0.4, 0.5) is 0 Å². The Kier molecular flexibility index (Phi) is 8.97. The number of rotatable bonds is 10. The van der Waals surface area contributed by atoms with Gasteiger partial charge in [-0.2, -0.15) is 0 Å². The van der Waals surface area contributed by atoms with E-state index >= 15 is 0 Å². The van der Waals surface area contributed by atoms with Crippen molar-refractivity contribution < 1.29 is 9.47 Å². The minimum absolute atomic E-state index is 0.236. The molecular formula is C17H28BrNO2. The van der Waals surface area contributed by atoms with E-state index < -0.39 is 0 Å². The standard InChI is InChI=1S/C17H28BrNO2/c1-5-10-19-16(17(6-2)21-7-3)12-13-11-14(20-4)8-9-15(13)18/h8-9,11,16-17,19H,5-7,10,12H2,1-4H3. The molecule has 1 aromatic rings. The number of hydrogen-bond donors (Lipinski definition) is 1. The molecule has 2 unspecified atom stereocenters. The molecule has 0 aliphatic rings. The van der Waals surface area contributed by atoms with Crippen molar-refractivity contribution in [3.05, 3.63) is 28.2 Å². The molecule has 0 spiro atoms. The Bertz CT molecular complexity index is 412. The van der Waals surface area contributed by atoms with Gasteiger partial charge >= 0.3 is 0 Å². The molecule has 2 atom stereocenters. The maximum Gasteiger partial charge on any atom is 0.119 e. The van der Waals surface area contributed by atoms with Crippen LogP contribution in [-0.2, 0) is 11.2 Å². The molecule has 1 aromatic carbocycles. The molecular weight excluding hydrogens is 330 g/mol. The fourth-order valence-corrected chi connectivity index (χ4v) is 2.88. The quantitative estimate of drug-likeness (QED) is 0.681. The normalized spacial score (nSPS) is 14.0. The predicted molar refractivity (Wildman–Crippen MR) is 92.2 cm³/mol. The van der Waals surface area contributed by atoms with Crippen LogP contribution in [0, 0.1) is 0 Å². The van der Waals surface area contributed by atoms with Crippen LogP contribution in [0.5, 0.6) is 5.75 Å². The number of hydrogen-bond acceptors (Lipinski definition) is 3. The second-order valence-corrected chi connectivity index (χ2v) is 5.98. The monoisotopic (exact) mass is 357 g/mol. The number of ether oxygens (including phenoxy) is 2. The van der Waals surface area contributed by atoms with Crippen molar-refractivity contribution in [2.45, 2.75) is 52.2 Å². The van der Waals surface area contributed by atoms with E-state index in [1.807, 2.05) is 12.1 Å². The second kappa shape index (κ2) is 10.2. The van der Waals surface area contributed by atoms with Gasteiger partial charge in [-0.15, -0.1) is 0 Å². The number of methoxy groups -OCH3 is 1. The first kappa shape index (κ1) is 18.5. The molecule has 21 heavy (non-hydrogen) atoms. The summed E-state index contributed by atoms with van der Waals surface area (Å²) in [6.45, 7) is 8.19. The number of benzene rings is 1. The SMILES string of the molecule is CCCNC(Cc1cc(OC)ccc1Br)C(CC)OCC. The minimum atomic E-state index is 0.236.